The molecule has 4 heteroatoms. The second kappa shape index (κ2) is 16.3. The van der Waals surface area contributed by atoms with E-state index in [9.17, 15) is 9.90 Å². The van der Waals surface area contributed by atoms with Gasteiger partial charge in [-0.1, -0.05) is 109 Å². The Kier molecular flexibility index (Phi) is 13.4. The molecule has 0 saturated heterocycles. The number of pyridine rings is 1. The molecule has 0 unspecified atom stereocenters. The maximum Gasteiger partial charge on any atom is 0.159 e. The van der Waals surface area contributed by atoms with Crippen LogP contribution in [0.2, 0.25) is 0 Å². The predicted octanol–water partition coefficient (Wildman–Crippen LogP) is 11.9. The summed E-state index contributed by atoms with van der Waals surface area (Å²) in [5, 5.41) is 13.2. The summed E-state index contributed by atoms with van der Waals surface area (Å²) in [6.07, 6.45) is 9.10. The summed E-state index contributed by atoms with van der Waals surface area (Å²) in [6.45, 7) is 19.3. The molecule has 1 radical (unpaired) electrons. The van der Waals surface area contributed by atoms with Crippen LogP contribution in [0.25, 0.3) is 32.9 Å². The molecule has 3 nitrogen and oxygen atoms in total. The van der Waals surface area contributed by atoms with Gasteiger partial charge in [-0.25, -0.2) is 0 Å². The molecule has 1 aliphatic rings. The molecule has 249 valence electrons. The quantitative estimate of drug-likeness (QED) is 0.115. The van der Waals surface area contributed by atoms with Crippen LogP contribution in [-0.2, 0) is 30.3 Å². The van der Waals surface area contributed by atoms with E-state index in [1.807, 2.05) is 27.7 Å². The molecule has 0 amide bonds. The van der Waals surface area contributed by atoms with Crippen LogP contribution < -0.4 is 0 Å². The van der Waals surface area contributed by atoms with Gasteiger partial charge in [0.15, 0.2) is 5.78 Å². The Bertz CT molecular complexity index is 1670. The average Bonchev–Trinajstić information content (AvgIpc) is 2.95. The van der Waals surface area contributed by atoms with Gasteiger partial charge in [0.2, 0.25) is 0 Å². The topological polar surface area (TPSA) is 50.2 Å². The Labute approximate surface area is 291 Å². The van der Waals surface area contributed by atoms with Crippen LogP contribution in [0, 0.1) is 31.7 Å². The van der Waals surface area contributed by atoms with Crippen molar-refractivity contribution in [2.75, 3.05) is 0 Å². The number of aromatic nitrogens is 1. The van der Waals surface area contributed by atoms with Crippen molar-refractivity contribution in [2.24, 2.45) is 11.8 Å². The number of hydrogen-bond acceptors (Lipinski definition) is 3. The first kappa shape index (κ1) is 37.6. The van der Waals surface area contributed by atoms with Crippen LogP contribution in [0.1, 0.15) is 122 Å². The molecule has 1 fully saturated rings. The second-order valence-electron chi connectivity index (χ2n) is 15.1. The van der Waals surface area contributed by atoms with E-state index in [4.69, 9.17) is 4.98 Å². The number of aliphatic hydroxyl groups is 1. The average molecular weight is 797 g/mol. The zero-order valence-electron chi connectivity index (χ0n) is 29.5. The number of carbonyl (C=O) groups excluding carboxylic acids is 1. The van der Waals surface area contributed by atoms with E-state index >= 15 is 0 Å². The zero-order valence-corrected chi connectivity index (χ0v) is 31.9. The monoisotopic (exact) mass is 797 g/mol. The minimum absolute atomic E-state index is 0. The van der Waals surface area contributed by atoms with Crippen LogP contribution in [0.3, 0.4) is 0 Å². The van der Waals surface area contributed by atoms with Crippen molar-refractivity contribution in [3.8, 4) is 11.3 Å². The maximum absolute atomic E-state index is 11.2. The molecule has 3 aromatic carbocycles. The number of allylic oxidation sites excluding steroid dienone is 2. The Morgan fingerprint density at radius 1 is 0.957 bits per heavy atom. The van der Waals surface area contributed by atoms with Crippen molar-refractivity contribution in [1.29, 1.82) is 0 Å². The van der Waals surface area contributed by atoms with Gasteiger partial charge < -0.3 is 5.11 Å². The summed E-state index contributed by atoms with van der Waals surface area (Å²) in [5.41, 5.74) is 8.89. The van der Waals surface area contributed by atoms with E-state index < -0.39 is 0 Å². The molecule has 1 aliphatic carbocycles. The van der Waals surface area contributed by atoms with Gasteiger partial charge in [0.05, 0.1) is 11.3 Å². The molecule has 46 heavy (non-hydrogen) atoms. The Hall–Kier alpha value is -2.81. The normalized spacial score (nSPS) is 14.4. The Morgan fingerprint density at radius 3 is 2.24 bits per heavy atom. The number of hydrogen-bond donors (Lipinski definition) is 1. The molecule has 0 bridgehead atoms. The zero-order chi connectivity index (χ0) is 32.9. The number of carbonyl (C=O) groups is 1. The molecule has 5 rings (SSSR count). The second-order valence-corrected chi connectivity index (χ2v) is 15.1. The summed E-state index contributed by atoms with van der Waals surface area (Å²) in [5.74, 6) is 1.62. The van der Waals surface area contributed by atoms with Crippen molar-refractivity contribution < 1.29 is 30.0 Å². The van der Waals surface area contributed by atoms with Gasteiger partial charge in [-0.05, 0) is 72.6 Å². The molecular formula is C42H54IrNO2-. The molecule has 4 aromatic rings. The van der Waals surface area contributed by atoms with Gasteiger partial charge in [0.1, 0.15) is 0 Å². The number of fused-ring (bicyclic) bond motifs is 2. The summed E-state index contributed by atoms with van der Waals surface area (Å²) < 4.78 is 0. The van der Waals surface area contributed by atoms with E-state index in [1.54, 1.807) is 0 Å². The summed E-state index contributed by atoms with van der Waals surface area (Å²) in [6, 6.07) is 21.7. The third kappa shape index (κ3) is 9.85. The fourth-order valence-electron chi connectivity index (χ4n) is 6.78. The van der Waals surface area contributed by atoms with Crippen molar-refractivity contribution >= 4 is 27.5 Å². The van der Waals surface area contributed by atoms with Gasteiger partial charge in [-0.15, -0.1) is 29.1 Å². The summed E-state index contributed by atoms with van der Waals surface area (Å²) in [4.78, 5) is 16.4. The molecule has 1 heterocycles. The number of nitrogens with zero attached hydrogens (tertiary/aromatic N) is 1. The fraction of sp³-hybridized carbons (Fsp3) is 0.476. The van der Waals surface area contributed by atoms with Crippen LogP contribution in [0.15, 0.2) is 60.4 Å². The van der Waals surface area contributed by atoms with Crippen LogP contribution in [0.5, 0.6) is 0 Å². The molecule has 1 N–H and O–H groups in total. The molecule has 1 saturated carbocycles. The SMILES string of the molecule is CC(C)CC(=O)/C=C(\O)CC(C)C.Cc1cc(C)c2c(C3CCCCC3)cc(-c3[c-]c4ccccc4c(C(C)(C)C)c3)nc2c1.[Ir]. The van der Waals surface area contributed by atoms with Crippen LogP contribution in [-0.4, -0.2) is 15.9 Å². The van der Waals surface area contributed by atoms with E-state index in [1.165, 1.54) is 76.6 Å². The minimum Gasteiger partial charge on any atom is -0.512 e. The fourth-order valence-corrected chi connectivity index (χ4v) is 6.78. The van der Waals surface area contributed by atoms with E-state index in [-0.39, 0.29) is 37.1 Å². The number of benzene rings is 3. The van der Waals surface area contributed by atoms with Gasteiger partial charge in [0.25, 0.3) is 0 Å². The molecule has 1 aromatic heterocycles. The first-order valence-electron chi connectivity index (χ1n) is 17.0. The predicted molar refractivity (Wildman–Crippen MR) is 192 cm³/mol. The Balaban J connectivity index is 0.000000352. The van der Waals surface area contributed by atoms with Gasteiger partial charge in [-0.3, -0.25) is 9.78 Å². The number of aliphatic hydroxyl groups excluding tert-OH is 1. The number of rotatable bonds is 7. The Morgan fingerprint density at radius 2 is 1.61 bits per heavy atom. The van der Waals surface area contributed by atoms with Crippen molar-refractivity contribution in [2.45, 2.75) is 119 Å². The van der Waals surface area contributed by atoms with Crippen molar-refractivity contribution in [3.63, 3.8) is 0 Å². The van der Waals surface area contributed by atoms with Gasteiger partial charge >= 0.3 is 0 Å². The van der Waals surface area contributed by atoms with E-state index in [0.29, 0.717) is 30.6 Å². The molecule has 0 spiro atoms. The molecule has 0 aliphatic heterocycles. The van der Waals surface area contributed by atoms with Gasteiger partial charge in [0, 0.05) is 50.1 Å². The standard InChI is InChI=1S/C31H34N.C11H20O2.Ir/c1-20-15-21(2)30-26(22-11-7-6-8-12-22)19-28(32-29(30)16-20)24-17-23-13-9-10-14-25(23)27(18-24)31(3,4)5;1-8(2)5-10(12)7-11(13)6-9(3)4;/h9-10,13-16,18-19,22H,6-8,11-12H2,1-5H3;7-9,12H,5-6H2,1-4H3;/q-1;;/b;10-7-;. The summed E-state index contributed by atoms with van der Waals surface area (Å²) >= 11 is 0. The number of aryl methyl sites for hydroxylation is 2. The molecular weight excluding hydrogens is 743 g/mol. The van der Waals surface area contributed by atoms with E-state index in [2.05, 4.69) is 89.2 Å². The first-order valence-corrected chi connectivity index (χ1v) is 17.0. The van der Waals surface area contributed by atoms with Crippen LogP contribution >= 0.6 is 0 Å². The largest absolute Gasteiger partial charge is 0.512 e. The maximum atomic E-state index is 11.2. The molecule has 0 atom stereocenters. The first-order chi connectivity index (χ1) is 21.2. The third-order valence-corrected chi connectivity index (χ3v) is 8.74. The summed E-state index contributed by atoms with van der Waals surface area (Å²) in [7, 11) is 0. The van der Waals surface area contributed by atoms with Crippen molar-refractivity contribution in [3.05, 3.63) is 88.7 Å². The smallest absolute Gasteiger partial charge is 0.159 e. The minimum atomic E-state index is 0. The third-order valence-electron chi connectivity index (χ3n) is 8.74. The van der Waals surface area contributed by atoms with E-state index in [0.717, 1.165) is 16.8 Å². The number of ketones is 1. The van der Waals surface area contributed by atoms with Crippen molar-refractivity contribution in [1.82, 2.24) is 4.98 Å². The van der Waals surface area contributed by atoms with Crippen LogP contribution in [0.4, 0.5) is 0 Å². The van der Waals surface area contributed by atoms with Gasteiger partial charge in [-0.2, -0.15) is 0 Å².